The van der Waals surface area contributed by atoms with E-state index in [0.29, 0.717) is 6.42 Å². The van der Waals surface area contributed by atoms with Crippen molar-refractivity contribution in [1.29, 1.82) is 0 Å². The zero-order valence-electron chi connectivity index (χ0n) is 8.59. The SMILES string of the molecule is CCc1c(C)ccc2c1CCC(=O)O2. The van der Waals surface area contributed by atoms with Crippen LogP contribution in [0.2, 0.25) is 0 Å². The van der Waals surface area contributed by atoms with Crippen LogP contribution in [0.1, 0.15) is 30.0 Å². The van der Waals surface area contributed by atoms with Crippen LogP contribution >= 0.6 is 0 Å². The van der Waals surface area contributed by atoms with Crippen LogP contribution in [0.4, 0.5) is 0 Å². The molecule has 1 heterocycles. The molecule has 2 nitrogen and oxygen atoms in total. The average molecular weight is 190 g/mol. The van der Waals surface area contributed by atoms with E-state index in [1.807, 2.05) is 12.1 Å². The van der Waals surface area contributed by atoms with Crippen LogP contribution in [0.3, 0.4) is 0 Å². The van der Waals surface area contributed by atoms with E-state index >= 15 is 0 Å². The molecule has 1 aromatic carbocycles. The van der Waals surface area contributed by atoms with E-state index in [4.69, 9.17) is 4.74 Å². The number of hydrogen-bond acceptors (Lipinski definition) is 2. The maximum Gasteiger partial charge on any atom is 0.311 e. The predicted octanol–water partition coefficient (Wildman–Crippen LogP) is 2.41. The number of esters is 1. The van der Waals surface area contributed by atoms with Crippen molar-refractivity contribution in [2.45, 2.75) is 33.1 Å². The number of aryl methyl sites for hydroxylation is 1. The number of rotatable bonds is 1. The minimum absolute atomic E-state index is 0.108. The highest BCUT2D eigenvalue weighted by molar-refractivity contribution is 5.75. The van der Waals surface area contributed by atoms with Gasteiger partial charge in [-0.25, -0.2) is 0 Å². The first kappa shape index (κ1) is 9.25. The molecule has 0 atom stereocenters. The van der Waals surface area contributed by atoms with Gasteiger partial charge in [0.2, 0.25) is 0 Å². The van der Waals surface area contributed by atoms with Crippen molar-refractivity contribution in [2.24, 2.45) is 0 Å². The summed E-state index contributed by atoms with van der Waals surface area (Å²) in [5.41, 5.74) is 3.87. The molecule has 2 heteroatoms. The van der Waals surface area contributed by atoms with Crippen molar-refractivity contribution in [3.8, 4) is 5.75 Å². The van der Waals surface area contributed by atoms with Crippen LogP contribution in [0.25, 0.3) is 0 Å². The Morgan fingerprint density at radius 2 is 2.14 bits per heavy atom. The van der Waals surface area contributed by atoms with Gasteiger partial charge in [-0.1, -0.05) is 13.0 Å². The van der Waals surface area contributed by atoms with Gasteiger partial charge in [-0.3, -0.25) is 4.79 Å². The van der Waals surface area contributed by atoms with Gasteiger partial charge in [0.05, 0.1) is 6.42 Å². The number of fused-ring (bicyclic) bond motifs is 1. The summed E-state index contributed by atoms with van der Waals surface area (Å²) in [5, 5.41) is 0. The van der Waals surface area contributed by atoms with E-state index in [-0.39, 0.29) is 5.97 Å². The van der Waals surface area contributed by atoms with Crippen molar-refractivity contribution in [3.63, 3.8) is 0 Å². The van der Waals surface area contributed by atoms with Gasteiger partial charge in [0, 0.05) is 0 Å². The molecule has 0 fully saturated rings. The molecule has 74 valence electrons. The second-order valence-electron chi connectivity index (χ2n) is 3.67. The molecule has 0 amide bonds. The highest BCUT2D eigenvalue weighted by Gasteiger charge is 2.19. The second-order valence-corrected chi connectivity index (χ2v) is 3.67. The van der Waals surface area contributed by atoms with Gasteiger partial charge >= 0.3 is 5.97 Å². The predicted molar refractivity (Wildman–Crippen MR) is 54.5 cm³/mol. The second kappa shape index (κ2) is 3.45. The molecule has 1 aromatic rings. The Morgan fingerprint density at radius 3 is 2.86 bits per heavy atom. The molecule has 1 aliphatic heterocycles. The molecule has 2 rings (SSSR count). The fourth-order valence-electron chi connectivity index (χ4n) is 2.05. The minimum atomic E-state index is -0.108. The van der Waals surface area contributed by atoms with Gasteiger partial charge in [0.25, 0.3) is 0 Å². The Kier molecular flexibility index (Phi) is 2.28. The lowest BCUT2D eigenvalue weighted by molar-refractivity contribution is -0.135. The summed E-state index contributed by atoms with van der Waals surface area (Å²) in [4.78, 5) is 11.1. The first-order valence-corrected chi connectivity index (χ1v) is 5.04. The third-order valence-electron chi connectivity index (χ3n) is 2.78. The smallest absolute Gasteiger partial charge is 0.311 e. The van der Waals surface area contributed by atoms with Crippen LogP contribution < -0.4 is 4.74 Å². The number of ether oxygens (including phenoxy) is 1. The van der Waals surface area contributed by atoms with Crippen molar-refractivity contribution >= 4 is 5.97 Å². The zero-order valence-corrected chi connectivity index (χ0v) is 8.59. The summed E-state index contributed by atoms with van der Waals surface area (Å²) in [6.45, 7) is 4.24. The molecule has 0 radical (unpaired) electrons. The number of carbonyl (C=O) groups is 1. The van der Waals surface area contributed by atoms with Gasteiger partial charge in [0.15, 0.2) is 0 Å². The lowest BCUT2D eigenvalue weighted by Crippen LogP contribution is -2.17. The van der Waals surface area contributed by atoms with Gasteiger partial charge in [-0.2, -0.15) is 0 Å². The maximum absolute atomic E-state index is 11.1. The average Bonchev–Trinajstić information content (AvgIpc) is 2.18. The fourth-order valence-corrected chi connectivity index (χ4v) is 2.05. The Bertz CT molecular complexity index is 380. The van der Waals surface area contributed by atoms with E-state index in [9.17, 15) is 4.79 Å². The standard InChI is InChI=1S/C12H14O2/c1-3-9-8(2)4-6-11-10(9)5-7-12(13)14-11/h4,6H,3,5,7H2,1-2H3. The number of benzene rings is 1. The van der Waals surface area contributed by atoms with E-state index in [1.54, 1.807) is 0 Å². The summed E-state index contributed by atoms with van der Waals surface area (Å²) in [6.07, 6.45) is 2.36. The molecule has 0 saturated heterocycles. The summed E-state index contributed by atoms with van der Waals surface area (Å²) in [5.74, 6) is 0.659. The lowest BCUT2D eigenvalue weighted by Gasteiger charge is -2.19. The molecular weight excluding hydrogens is 176 g/mol. The molecule has 0 saturated carbocycles. The van der Waals surface area contributed by atoms with E-state index in [1.165, 1.54) is 16.7 Å². The van der Waals surface area contributed by atoms with Gasteiger partial charge in [-0.05, 0) is 42.5 Å². The van der Waals surface area contributed by atoms with Gasteiger partial charge in [0.1, 0.15) is 5.75 Å². The summed E-state index contributed by atoms with van der Waals surface area (Å²) < 4.78 is 5.19. The Balaban J connectivity index is 2.52. The summed E-state index contributed by atoms with van der Waals surface area (Å²) in [7, 11) is 0. The van der Waals surface area contributed by atoms with E-state index in [0.717, 1.165) is 18.6 Å². The molecule has 0 N–H and O–H groups in total. The van der Waals surface area contributed by atoms with Crippen molar-refractivity contribution in [2.75, 3.05) is 0 Å². The first-order valence-electron chi connectivity index (χ1n) is 5.04. The van der Waals surface area contributed by atoms with Crippen LogP contribution in [-0.4, -0.2) is 5.97 Å². The Morgan fingerprint density at radius 1 is 1.36 bits per heavy atom. The minimum Gasteiger partial charge on any atom is -0.426 e. The maximum atomic E-state index is 11.1. The van der Waals surface area contributed by atoms with Crippen molar-refractivity contribution < 1.29 is 9.53 Å². The molecule has 0 unspecified atom stereocenters. The molecule has 14 heavy (non-hydrogen) atoms. The Hall–Kier alpha value is -1.31. The van der Waals surface area contributed by atoms with E-state index < -0.39 is 0 Å². The molecule has 1 aliphatic rings. The zero-order chi connectivity index (χ0) is 10.1. The van der Waals surface area contributed by atoms with Crippen LogP contribution in [0.15, 0.2) is 12.1 Å². The highest BCUT2D eigenvalue weighted by Crippen LogP contribution is 2.30. The fraction of sp³-hybridized carbons (Fsp3) is 0.417. The molecule has 0 spiro atoms. The van der Waals surface area contributed by atoms with Crippen LogP contribution in [0, 0.1) is 6.92 Å². The summed E-state index contributed by atoms with van der Waals surface area (Å²) >= 11 is 0. The number of hydrogen-bond donors (Lipinski definition) is 0. The third-order valence-corrected chi connectivity index (χ3v) is 2.78. The molecule has 0 aliphatic carbocycles. The van der Waals surface area contributed by atoms with Crippen LogP contribution in [-0.2, 0) is 17.6 Å². The largest absolute Gasteiger partial charge is 0.426 e. The number of carbonyl (C=O) groups excluding carboxylic acids is 1. The summed E-state index contributed by atoms with van der Waals surface area (Å²) in [6, 6.07) is 3.93. The molecule has 0 aromatic heterocycles. The lowest BCUT2D eigenvalue weighted by atomic mass is 9.94. The third kappa shape index (κ3) is 1.41. The van der Waals surface area contributed by atoms with Crippen LogP contribution in [0.5, 0.6) is 5.75 Å². The topological polar surface area (TPSA) is 26.3 Å². The van der Waals surface area contributed by atoms with Gasteiger partial charge in [-0.15, -0.1) is 0 Å². The quantitative estimate of drug-likeness (QED) is 0.502. The van der Waals surface area contributed by atoms with E-state index in [2.05, 4.69) is 13.8 Å². The highest BCUT2D eigenvalue weighted by atomic mass is 16.5. The molecular formula is C12H14O2. The molecule has 0 bridgehead atoms. The van der Waals surface area contributed by atoms with Crippen molar-refractivity contribution in [1.82, 2.24) is 0 Å². The van der Waals surface area contributed by atoms with Crippen molar-refractivity contribution in [3.05, 3.63) is 28.8 Å². The normalized spacial score (nSPS) is 14.9. The van der Waals surface area contributed by atoms with Gasteiger partial charge < -0.3 is 4.74 Å². The Labute approximate surface area is 83.9 Å². The monoisotopic (exact) mass is 190 g/mol. The first-order chi connectivity index (χ1) is 6.72.